The summed E-state index contributed by atoms with van der Waals surface area (Å²) in [6.07, 6.45) is 2.12. The van der Waals surface area contributed by atoms with E-state index in [0.717, 1.165) is 16.5 Å². The number of nitrogens with zero attached hydrogens (tertiary/aromatic N) is 1. The van der Waals surface area contributed by atoms with Gasteiger partial charge in [-0.1, -0.05) is 18.2 Å². The Morgan fingerprint density at radius 2 is 2.11 bits per heavy atom. The average Bonchev–Trinajstić information content (AvgIpc) is 3.09. The molecule has 2 atom stereocenters. The van der Waals surface area contributed by atoms with E-state index in [1.54, 1.807) is 0 Å². The fourth-order valence-corrected chi connectivity index (χ4v) is 3.44. The van der Waals surface area contributed by atoms with Crippen molar-refractivity contribution in [2.45, 2.75) is 25.4 Å². The van der Waals surface area contributed by atoms with E-state index < -0.39 is 18.1 Å². The van der Waals surface area contributed by atoms with Crippen LogP contribution in [0.5, 0.6) is 0 Å². The maximum Gasteiger partial charge on any atom is 0.328 e. The number of amides is 2. The molecule has 3 rings (SSSR count). The minimum atomic E-state index is -0.836. The van der Waals surface area contributed by atoms with Gasteiger partial charge in [-0.3, -0.25) is 9.59 Å². The van der Waals surface area contributed by atoms with Crippen LogP contribution in [0.15, 0.2) is 30.5 Å². The molecule has 2 heterocycles. The molecule has 0 saturated carbocycles. The lowest BCUT2D eigenvalue weighted by Gasteiger charge is -2.35. The van der Waals surface area contributed by atoms with Gasteiger partial charge in [0.1, 0.15) is 12.1 Å². The van der Waals surface area contributed by atoms with Gasteiger partial charge in [-0.2, -0.15) is 0 Å². The predicted octanol–water partition coefficient (Wildman–Crippen LogP) is 0.189. The summed E-state index contributed by atoms with van der Waals surface area (Å²) in [6, 6.07) is 6.27. The molecule has 1 aliphatic heterocycles. The molecule has 8 nitrogen and oxygen atoms in total. The second-order valence-electron chi connectivity index (χ2n) is 6.58. The number of aromatic nitrogens is 1. The quantitative estimate of drug-likeness (QED) is 0.650. The Bertz CT molecular complexity index is 847. The largest absolute Gasteiger partial charge is 0.467 e. The van der Waals surface area contributed by atoms with Crippen molar-refractivity contribution < 1.29 is 19.1 Å². The number of para-hydroxylation sites is 1. The lowest BCUT2D eigenvalue weighted by atomic mass is 10.0. The van der Waals surface area contributed by atoms with Crippen LogP contribution in [0.25, 0.3) is 10.9 Å². The Morgan fingerprint density at radius 3 is 2.85 bits per heavy atom. The molecular formula is C19H24N4O4. The number of piperazine rings is 1. The lowest BCUT2D eigenvalue weighted by Crippen LogP contribution is -2.61. The van der Waals surface area contributed by atoms with Gasteiger partial charge in [0.15, 0.2) is 0 Å². The van der Waals surface area contributed by atoms with Crippen molar-refractivity contribution in [1.82, 2.24) is 20.5 Å². The highest BCUT2D eigenvalue weighted by atomic mass is 16.5. The third-order valence-electron chi connectivity index (χ3n) is 4.85. The summed E-state index contributed by atoms with van der Waals surface area (Å²) in [4.78, 5) is 41.5. The van der Waals surface area contributed by atoms with Crippen molar-refractivity contribution in [3.63, 3.8) is 0 Å². The van der Waals surface area contributed by atoms with Crippen LogP contribution in [-0.2, 0) is 25.5 Å². The molecule has 144 valence electrons. The molecule has 2 amide bonds. The maximum atomic E-state index is 12.8. The third-order valence-corrected chi connectivity index (χ3v) is 4.85. The first kappa shape index (κ1) is 18.9. The predicted molar refractivity (Wildman–Crippen MR) is 100.0 cm³/mol. The van der Waals surface area contributed by atoms with E-state index in [4.69, 9.17) is 4.74 Å². The van der Waals surface area contributed by atoms with Crippen molar-refractivity contribution in [3.8, 4) is 0 Å². The van der Waals surface area contributed by atoms with E-state index in [1.807, 2.05) is 30.5 Å². The van der Waals surface area contributed by atoms with Gasteiger partial charge in [-0.15, -0.1) is 0 Å². The van der Waals surface area contributed by atoms with Crippen molar-refractivity contribution in [1.29, 1.82) is 0 Å². The first-order valence-electron chi connectivity index (χ1n) is 8.92. The highest BCUT2D eigenvalue weighted by molar-refractivity contribution is 5.91. The number of H-pyrrole nitrogens is 1. The zero-order chi connectivity index (χ0) is 19.4. The number of methoxy groups -OCH3 is 1. The first-order chi connectivity index (χ1) is 13.0. The van der Waals surface area contributed by atoms with Gasteiger partial charge >= 0.3 is 5.97 Å². The van der Waals surface area contributed by atoms with Crippen LogP contribution < -0.4 is 10.6 Å². The summed E-state index contributed by atoms with van der Waals surface area (Å²) in [5.41, 5.74) is 1.87. The summed E-state index contributed by atoms with van der Waals surface area (Å²) in [6.45, 7) is 2.89. The third kappa shape index (κ3) is 4.11. The van der Waals surface area contributed by atoms with E-state index in [2.05, 4.69) is 15.6 Å². The van der Waals surface area contributed by atoms with Gasteiger partial charge in [-0.25, -0.2) is 4.79 Å². The number of rotatable bonds is 5. The smallest absolute Gasteiger partial charge is 0.328 e. The Balaban J connectivity index is 1.77. The normalized spacial score (nSPS) is 18.1. The fourth-order valence-electron chi connectivity index (χ4n) is 3.44. The molecule has 0 radical (unpaired) electrons. The molecule has 1 aliphatic rings. The first-order valence-corrected chi connectivity index (χ1v) is 8.92. The zero-order valence-corrected chi connectivity index (χ0v) is 15.5. The minimum Gasteiger partial charge on any atom is -0.467 e. The molecule has 1 fully saturated rings. The molecule has 3 N–H and O–H groups in total. The Morgan fingerprint density at radius 1 is 1.33 bits per heavy atom. The summed E-state index contributed by atoms with van der Waals surface area (Å²) in [5, 5.41) is 6.87. The number of carbonyl (C=O) groups excluding carboxylic acids is 3. The van der Waals surface area contributed by atoms with Crippen LogP contribution in [0.3, 0.4) is 0 Å². The van der Waals surface area contributed by atoms with Crippen molar-refractivity contribution in [3.05, 3.63) is 36.0 Å². The number of fused-ring (bicyclic) bond motifs is 1. The fraction of sp³-hybridized carbons (Fsp3) is 0.421. The number of benzene rings is 1. The topological polar surface area (TPSA) is 104 Å². The molecule has 1 aromatic heterocycles. The number of aromatic amines is 1. The van der Waals surface area contributed by atoms with Crippen LogP contribution in [-0.4, -0.2) is 66.5 Å². The Hall–Kier alpha value is -2.87. The Kier molecular flexibility index (Phi) is 5.75. The Labute approximate surface area is 157 Å². The number of nitrogens with one attached hydrogen (secondary N) is 3. The second-order valence-corrected chi connectivity index (χ2v) is 6.58. The van der Waals surface area contributed by atoms with Gasteiger partial charge in [0.05, 0.1) is 7.11 Å². The SMILES string of the molecule is COC(=O)[C@@H](Cc1c[nH]c2ccccc12)NC(=O)[C@H]1CNCCN1C(C)=O. The van der Waals surface area contributed by atoms with Gasteiger partial charge in [-0.05, 0) is 11.6 Å². The van der Waals surface area contributed by atoms with Crippen molar-refractivity contribution in [2.24, 2.45) is 0 Å². The van der Waals surface area contributed by atoms with E-state index >= 15 is 0 Å². The monoisotopic (exact) mass is 372 g/mol. The number of hydrogen-bond donors (Lipinski definition) is 3. The molecule has 1 saturated heterocycles. The van der Waals surface area contributed by atoms with E-state index in [0.29, 0.717) is 26.1 Å². The molecule has 0 unspecified atom stereocenters. The average molecular weight is 372 g/mol. The highest BCUT2D eigenvalue weighted by Gasteiger charge is 2.33. The van der Waals surface area contributed by atoms with Gasteiger partial charge in [0, 0.05) is 50.1 Å². The van der Waals surface area contributed by atoms with Crippen LogP contribution in [0.2, 0.25) is 0 Å². The van der Waals surface area contributed by atoms with Crippen LogP contribution in [0.4, 0.5) is 0 Å². The summed E-state index contributed by atoms with van der Waals surface area (Å²) in [5.74, 6) is -1.05. The molecule has 8 heteroatoms. The minimum absolute atomic E-state index is 0.164. The summed E-state index contributed by atoms with van der Waals surface area (Å²) < 4.78 is 4.88. The maximum absolute atomic E-state index is 12.8. The van der Waals surface area contributed by atoms with Crippen LogP contribution in [0.1, 0.15) is 12.5 Å². The number of esters is 1. The summed E-state index contributed by atoms with van der Waals surface area (Å²) in [7, 11) is 1.29. The van der Waals surface area contributed by atoms with E-state index in [-0.39, 0.29) is 11.8 Å². The van der Waals surface area contributed by atoms with E-state index in [9.17, 15) is 14.4 Å². The molecule has 0 bridgehead atoms. The standard InChI is InChI=1S/C19H24N4O4/c1-12(24)23-8-7-20-11-17(23)18(25)22-16(19(26)27-2)9-13-10-21-15-6-4-3-5-14(13)15/h3-6,10,16-17,20-21H,7-9,11H2,1-2H3,(H,22,25)/t16-,17-/m1/s1. The van der Waals surface area contributed by atoms with Gasteiger partial charge in [0.25, 0.3) is 0 Å². The second kappa shape index (κ2) is 8.22. The molecule has 0 spiro atoms. The highest BCUT2D eigenvalue weighted by Crippen LogP contribution is 2.19. The van der Waals surface area contributed by atoms with Gasteiger partial charge < -0.3 is 25.3 Å². The van der Waals surface area contributed by atoms with Crippen LogP contribution >= 0.6 is 0 Å². The number of carbonyl (C=O) groups is 3. The molecule has 0 aliphatic carbocycles. The zero-order valence-electron chi connectivity index (χ0n) is 15.5. The van der Waals surface area contributed by atoms with Gasteiger partial charge in [0.2, 0.25) is 11.8 Å². The van der Waals surface area contributed by atoms with Crippen molar-refractivity contribution in [2.75, 3.05) is 26.7 Å². The van der Waals surface area contributed by atoms with Crippen LogP contribution in [0, 0.1) is 0 Å². The molecular weight excluding hydrogens is 348 g/mol. The number of hydrogen-bond acceptors (Lipinski definition) is 5. The van der Waals surface area contributed by atoms with Crippen molar-refractivity contribution >= 4 is 28.7 Å². The molecule has 1 aromatic carbocycles. The van der Waals surface area contributed by atoms with E-state index in [1.165, 1.54) is 18.9 Å². The summed E-state index contributed by atoms with van der Waals surface area (Å²) >= 11 is 0. The molecule has 2 aromatic rings. The molecule has 27 heavy (non-hydrogen) atoms. The number of ether oxygens (including phenoxy) is 1. The lowest BCUT2D eigenvalue weighted by molar-refractivity contribution is -0.147.